The molecule has 0 aliphatic rings. The lowest BCUT2D eigenvalue weighted by molar-refractivity contribution is 0.854. The van der Waals surface area contributed by atoms with Gasteiger partial charge in [0.2, 0.25) is 5.78 Å². The molecular formula is C20H15N5S. The van der Waals surface area contributed by atoms with Gasteiger partial charge in [-0.3, -0.25) is 4.40 Å². The molecule has 6 heteroatoms. The highest BCUT2D eigenvalue weighted by molar-refractivity contribution is 7.18. The number of hydrogen-bond acceptors (Lipinski definition) is 4. The second kappa shape index (κ2) is 4.80. The molecular weight excluding hydrogens is 342 g/mol. The van der Waals surface area contributed by atoms with Crippen LogP contribution >= 0.6 is 11.3 Å². The Hall–Kier alpha value is -2.99. The van der Waals surface area contributed by atoms with E-state index in [0.717, 1.165) is 48.8 Å². The molecule has 5 nitrogen and oxygen atoms in total. The first-order valence-electron chi connectivity index (χ1n) is 8.69. The van der Waals surface area contributed by atoms with Gasteiger partial charge in [0, 0.05) is 11.3 Å². The highest BCUT2D eigenvalue weighted by Crippen LogP contribution is 2.33. The van der Waals surface area contributed by atoms with E-state index in [0.29, 0.717) is 5.92 Å². The van der Waals surface area contributed by atoms with Crippen LogP contribution in [0.4, 0.5) is 0 Å². The maximum atomic E-state index is 4.93. The summed E-state index contributed by atoms with van der Waals surface area (Å²) in [4.78, 5) is 15.7. The number of imidazole rings is 2. The lowest BCUT2D eigenvalue weighted by atomic mass is 10.2. The second-order valence-corrected chi connectivity index (χ2v) is 7.87. The van der Waals surface area contributed by atoms with E-state index < -0.39 is 0 Å². The minimum atomic E-state index is 0.389. The molecule has 4 aromatic heterocycles. The van der Waals surface area contributed by atoms with Crippen molar-refractivity contribution in [1.29, 1.82) is 0 Å². The molecule has 0 spiro atoms. The molecule has 0 atom stereocenters. The Morgan fingerprint density at radius 2 is 1.58 bits per heavy atom. The van der Waals surface area contributed by atoms with Crippen LogP contribution < -0.4 is 0 Å². The van der Waals surface area contributed by atoms with Crippen LogP contribution in [0.3, 0.4) is 0 Å². The molecule has 0 amide bonds. The molecule has 0 aliphatic heterocycles. The van der Waals surface area contributed by atoms with Crippen LogP contribution in [-0.4, -0.2) is 23.8 Å². The molecule has 0 N–H and O–H groups in total. The van der Waals surface area contributed by atoms with Gasteiger partial charge in [-0.1, -0.05) is 49.4 Å². The number of aromatic nitrogens is 5. The molecule has 6 rings (SSSR count). The van der Waals surface area contributed by atoms with E-state index in [1.165, 1.54) is 0 Å². The SMILES string of the molecule is CC(C)c1nc2c(nc3c4ccccc4n4c5ccccc5nc4n23)s1. The van der Waals surface area contributed by atoms with Crippen molar-refractivity contribution in [2.24, 2.45) is 0 Å². The Morgan fingerprint density at radius 1 is 0.808 bits per heavy atom. The monoisotopic (exact) mass is 357 g/mol. The fourth-order valence-electron chi connectivity index (χ4n) is 3.66. The summed E-state index contributed by atoms with van der Waals surface area (Å²) >= 11 is 1.68. The first-order chi connectivity index (χ1) is 12.7. The topological polar surface area (TPSA) is 47.5 Å². The van der Waals surface area contributed by atoms with Crippen molar-refractivity contribution < 1.29 is 0 Å². The molecule has 2 aromatic carbocycles. The van der Waals surface area contributed by atoms with Crippen LogP contribution in [0.25, 0.3) is 43.8 Å². The van der Waals surface area contributed by atoms with E-state index in [2.05, 4.69) is 65.1 Å². The maximum absolute atomic E-state index is 4.93. The summed E-state index contributed by atoms with van der Waals surface area (Å²) in [6, 6.07) is 16.6. The van der Waals surface area contributed by atoms with Crippen molar-refractivity contribution in [3.05, 3.63) is 53.5 Å². The van der Waals surface area contributed by atoms with Crippen LogP contribution in [-0.2, 0) is 0 Å². The van der Waals surface area contributed by atoms with E-state index in [1.807, 2.05) is 6.07 Å². The van der Waals surface area contributed by atoms with Crippen LogP contribution in [0, 0.1) is 0 Å². The van der Waals surface area contributed by atoms with Gasteiger partial charge in [0.25, 0.3) is 0 Å². The summed E-state index contributed by atoms with van der Waals surface area (Å²) in [6.07, 6.45) is 0. The van der Waals surface area contributed by atoms with Crippen LogP contribution in [0.5, 0.6) is 0 Å². The van der Waals surface area contributed by atoms with Gasteiger partial charge >= 0.3 is 0 Å². The van der Waals surface area contributed by atoms with Crippen molar-refractivity contribution >= 4 is 55.2 Å². The number of rotatable bonds is 1. The maximum Gasteiger partial charge on any atom is 0.223 e. The van der Waals surface area contributed by atoms with E-state index in [1.54, 1.807) is 11.3 Å². The predicted octanol–water partition coefficient (Wildman–Crippen LogP) is 5.02. The van der Waals surface area contributed by atoms with E-state index in [-0.39, 0.29) is 0 Å². The third-order valence-electron chi connectivity index (χ3n) is 4.86. The number of hydrogen-bond donors (Lipinski definition) is 0. The number of para-hydroxylation sites is 3. The van der Waals surface area contributed by atoms with E-state index in [4.69, 9.17) is 15.0 Å². The average Bonchev–Trinajstić information content (AvgIpc) is 3.31. The summed E-state index contributed by atoms with van der Waals surface area (Å²) in [7, 11) is 0. The third-order valence-corrected chi connectivity index (χ3v) is 6.10. The molecule has 0 unspecified atom stereocenters. The number of nitrogens with zero attached hydrogens (tertiary/aromatic N) is 5. The fraction of sp³-hybridized carbons (Fsp3) is 0.150. The van der Waals surface area contributed by atoms with Gasteiger partial charge in [-0.15, -0.1) is 0 Å². The molecule has 0 radical (unpaired) electrons. The summed E-state index contributed by atoms with van der Waals surface area (Å²) in [5.74, 6) is 1.25. The molecule has 0 fully saturated rings. The van der Waals surface area contributed by atoms with Gasteiger partial charge < -0.3 is 0 Å². The average molecular weight is 357 g/mol. The van der Waals surface area contributed by atoms with E-state index in [9.17, 15) is 0 Å². The van der Waals surface area contributed by atoms with Crippen LogP contribution in [0.2, 0.25) is 0 Å². The van der Waals surface area contributed by atoms with Gasteiger partial charge in [-0.05, 0) is 24.3 Å². The molecule has 0 saturated carbocycles. The van der Waals surface area contributed by atoms with Crippen molar-refractivity contribution in [2.45, 2.75) is 19.8 Å². The van der Waals surface area contributed by atoms with Crippen LogP contribution in [0.15, 0.2) is 48.5 Å². The quantitative estimate of drug-likeness (QED) is 0.415. The Kier molecular flexibility index (Phi) is 2.62. The molecule has 26 heavy (non-hydrogen) atoms. The molecule has 0 aliphatic carbocycles. The standard InChI is InChI=1S/C20H15N5S/c1-11(2)18-23-17-19(26-18)22-16-12-7-3-5-9-14(12)24-15-10-6-4-8-13(15)21-20(24)25(16)17/h3-11H,1-2H3. The number of thiazole rings is 1. The lowest BCUT2D eigenvalue weighted by Crippen LogP contribution is -1.99. The molecule has 4 heterocycles. The Morgan fingerprint density at radius 3 is 2.42 bits per heavy atom. The highest BCUT2D eigenvalue weighted by Gasteiger charge is 2.20. The Bertz CT molecular complexity index is 1470. The van der Waals surface area contributed by atoms with Crippen molar-refractivity contribution in [3.8, 4) is 0 Å². The summed E-state index contributed by atoms with van der Waals surface area (Å²) in [5, 5.41) is 2.22. The van der Waals surface area contributed by atoms with Gasteiger partial charge in [0.15, 0.2) is 16.1 Å². The summed E-state index contributed by atoms with van der Waals surface area (Å²) in [5.41, 5.74) is 5.02. The summed E-state index contributed by atoms with van der Waals surface area (Å²) < 4.78 is 4.33. The van der Waals surface area contributed by atoms with Gasteiger partial charge in [-0.25, -0.2) is 19.4 Å². The number of benzene rings is 2. The van der Waals surface area contributed by atoms with Gasteiger partial charge in [-0.2, -0.15) is 0 Å². The van der Waals surface area contributed by atoms with Crippen molar-refractivity contribution in [1.82, 2.24) is 23.8 Å². The normalized spacial score (nSPS) is 12.6. The minimum Gasteiger partial charge on any atom is -0.277 e. The molecule has 6 aromatic rings. The Labute approximate surface area is 152 Å². The number of fused-ring (bicyclic) bond motifs is 10. The molecule has 126 valence electrons. The fourth-order valence-corrected chi connectivity index (χ4v) is 4.59. The first-order valence-corrected chi connectivity index (χ1v) is 9.51. The summed E-state index contributed by atoms with van der Waals surface area (Å²) in [6.45, 7) is 4.33. The van der Waals surface area contributed by atoms with Crippen molar-refractivity contribution in [3.63, 3.8) is 0 Å². The first kappa shape index (κ1) is 14.2. The largest absolute Gasteiger partial charge is 0.277 e. The van der Waals surface area contributed by atoms with Crippen LogP contribution in [0.1, 0.15) is 24.8 Å². The Balaban J connectivity index is 1.96. The highest BCUT2D eigenvalue weighted by atomic mass is 32.1. The van der Waals surface area contributed by atoms with Crippen molar-refractivity contribution in [2.75, 3.05) is 0 Å². The molecule has 0 saturated heterocycles. The zero-order valence-corrected chi connectivity index (χ0v) is 15.2. The van der Waals surface area contributed by atoms with Gasteiger partial charge in [0.1, 0.15) is 0 Å². The predicted molar refractivity (Wildman–Crippen MR) is 106 cm³/mol. The zero-order chi connectivity index (χ0) is 17.4. The lowest BCUT2D eigenvalue weighted by Gasteiger charge is -2.06. The smallest absolute Gasteiger partial charge is 0.223 e. The second-order valence-electron chi connectivity index (χ2n) is 6.86. The van der Waals surface area contributed by atoms with Gasteiger partial charge in [0.05, 0.1) is 21.6 Å². The van der Waals surface area contributed by atoms with E-state index >= 15 is 0 Å². The third kappa shape index (κ3) is 1.67. The molecule has 0 bridgehead atoms. The zero-order valence-electron chi connectivity index (χ0n) is 14.3. The minimum absolute atomic E-state index is 0.389.